The first-order valence-corrected chi connectivity index (χ1v) is 5.35. The normalized spacial score (nSPS) is 11.8. The van der Waals surface area contributed by atoms with Crippen LogP contribution < -0.4 is 5.14 Å². The summed E-state index contributed by atoms with van der Waals surface area (Å²) in [7, 11) is -1.77. The van der Waals surface area contributed by atoms with Gasteiger partial charge in [-0.1, -0.05) is 0 Å². The van der Waals surface area contributed by atoms with Gasteiger partial charge in [0.2, 0.25) is 10.0 Å². The van der Waals surface area contributed by atoms with Crippen LogP contribution in [0.2, 0.25) is 0 Å². The highest BCUT2D eigenvalue weighted by molar-refractivity contribution is 7.89. The third-order valence-corrected chi connectivity index (χ3v) is 1.89. The van der Waals surface area contributed by atoms with E-state index in [4.69, 9.17) is 14.6 Å². The third-order valence-electron chi connectivity index (χ3n) is 1.15. The van der Waals surface area contributed by atoms with Gasteiger partial charge in [-0.15, -0.1) is 0 Å². The summed E-state index contributed by atoms with van der Waals surface area (Å²) in [4.78, 5) is 0. The maximum absolute atomic E-state index is 10.4. The number of nitrogens with two attached hydrogens (primary N) is 1. The van der Waals surface area contributed by atoms with E-state index in [-0.39, 0.29) is 12.4 Å². The summed E-state index contributed by atoms with van der Waals surface area (Å²) >= 11 is 0. The molecule has 0 saturated heterocycles. The maximum atomic E-state index is 10.4. The molecule has 0 rings (SSSR count). The van der Waals surface area contributed by atoms with Crippen LogP contribution in [-0.4, -0.2) is 41.1 Å². The van der Waals surface area contributed by atoms with Gasteiger partial charge in [0.25, 0.3) is 0 Å². The van der Waals surface area contributed by atoms with E-state index in [0.29, 0.717) is 13.2 Å². The van der Waals surface area contributed by atoms with E-state index in [1.54, 1.807) is 7.11 Å². The zero-order valence-corrected chi connectivity index (χ0v) is 7.97. The highest BCUT2D eigenvalue weighted by atomic mass is 32.2. The summed E-state index contributed by atoms with van der Waals surface area (Å²) in [5, 5.41) is 4.74. The largest absolute Gasteiger partial charge is 0.385 e. The number of hydrogen-bond donors (Lipinski definition) is 1. The van der Waals surface area contributed by atoms with Crippen molar-refractivity contribution in [2.75, 3.05) is 32.7 Å². The zero-order valence-electron chi connectivity index (χ0n) is 7.15. The second-order valence-electron chi connectivity index (χ2n) is 2.33. The molecule has 0 unspecified atom stereocenters. The molecule has 0 amide bonds. The average Bonchev–Trinajstić information content (AvgIpc) is 1.94. The van der Waals surface area contributed by atoms with Gasteiger partial charge in [0, 0.05) is 20.3 Å². The highest BCUT2D eigenvalue weighted by Gasteiger charge is 2.00. The molecule has 5 nitrogen and oxygen atoms in total. The minimum atomic E-state index is -3.37. The minimum Gasteiger partial charge on any atom is -0.385 e. The molecular formula is C6H15NO4S. The molecule has 0 spiro atoms. The highest BCUT2D eigenvalue weighted by Crippen LogP contribution is 1.85. The number of ether oxygens (including phenoxy) is 2. The Labute approximate surface area is 72.9 Å². The van der Waals surface area contributed by atoms with Crippen LogP contribution in [0.1, 0.15) is 6.42 Å². The molecular weight excluding hydrogens is 182 g/mol. The quantitative estimate of drug-likeness (QED) is 0.549. The fourth-order valence-corrected chi connectivity index (χ4v) is 0.933. The van der Waals surface area contributed by atoms with E-state index in [2.05, 4.69) is 0 Å². The lowest BCUT2D eigenvalue weighted by molar-refractivity contribution is 0.112. The minimum absolute atomic E-state index is 0.125. The van der Waals surface area contributed by atoms with Crippen LogP contribution in [-0.2, 0) is 19.5 Å². The molecule has 0 aromatic rings. The Morgan fingerprint density at radius 3 is 2.42 bits per heavy atom. The van der Waals surface area contributed by atoms with Crippen molar-refractivity contribution in [1.82, 2.24) is 0 Å². The fraction of sp³-hybridized carbons (Fsp3) is 1.00. The lowest BCUT2D eigenvalue weighted by Crippen LogP contribution is -2.20. The van der Waals surface area contributed by atoms with Gasteiger partial charge in [-0.05, 0) is 6.42 Å². The van der Waals surface area contributed by atoms with Crippen molar-refractivity contribution >= 4 is 10.0 Å². The molecule has 0 bridgehead atoms. The van der Waals surface area contributed by atoms with Crippen molar-refractivity contribution < 1.29 is 17.9 Å². The van der Waals surface area contributed by atoms with Crippen molar-refractivity contribution in [3.63, 3.8) is 0 Å². The van der Waals surface area contributed by atoms with Crippen molar-refractivity contribution in [3.8, 4) is 0 Å². The average molecular weight is 197 g/mol. The first-order valence-electron chi connectivity index (χ1n) is 3.63. The SMILES string of the molecule is COCCCOCCS(N)(=O)=O. The molecule has 0 atom stereocenters. The molecule has 0 fully saturated rings. The smallest absolute Gasteiger partial charge is 0.211 e. The summed E-state index contributed by atoms with van der Waals surface area (Å²) in [5.74, 6) is -0.125. The van der Waals surface area contributed by atoms with Gasteiger partial charge in [0.1, 0.15) is 0 Å². The van der Waals surface area contributed by atoms with Crippen molar-refractivity contribution in [2.45, 2.75) is 6.42 Å². The Morgan fingerprint density at radius 2 is 1.92 bits per heavy atom. The number of primary sulfonamides is 1. The predicted molar refractivity (Wildman–Crippen MR) is 45.3 cm³/mol. The summed E-state index contributed by atoms with van der Waals surface area (Å²) in [6.45, 7) is 1.28. The predicted octanol–water partition coefficient (Wildman–Crippen LogP) is -0.672. The summed E-state index contributed by atoms with van der Waals surface area (Å²) in [6, 6.07) is 0. The number of sulfonamides is 1. The zero-order chi connectivity index (χ0) is 9.45. The van der Waals surface area contributed by atoms with Gasteiger partial charge < -0.3 is 9.47 Å². The van der Waals surface area contributed by atoms with E-state index < -0.39 is 10.0 Å². The molecule has 0 aliphatic carbocycles. The van der Waals surface area contributed by atoms with Gasteiger partial charge >= 0.3 is 0 Å². The summed E-state index contributed by atoms with van der Waals surface area (Å²) in [5.41, 5.74) is 0. The van der Waals surface area contributed by atoms with Crippen LogP contribution in [0.4, 0.5) is 0 Å². The molecule has 0 aromatic heterocycles. The van der Waals surface area contributed by atoms with E-state index in [0.717, 1.165) is 6.42 Å². The molecule has 0 aliphatic heterocycles. The molecule has 2 N–H and O–H groups in total. The van der Waals surface area contributed by atoms with Crippen molar-refractivity contribution in [1.29, 1.82) is 0 Å². The Hall–Kier alpha value is -0.170. The first-order chi connectivity index (χ1) is 5.56. The van der Waals surface area contributed by atoms with Crippen LogP contribution in [0.3, 0.4) is 0 Å². The van der Waals surface area contributed by atoms with Gasteiger partial charge in [-0.25, -0.2) is 13.6 Å². The van der Waals surface area contributed by atoms with Gasteiger partial charge in [-0.2, -0.15) is 0 Å². The second kappa shape index (κ2) is 6.36. The Kier molecular flexibility index (Phi) is 6.27. The van der Waals surface area contributed by atoms with Crippen LogP contribution in [0.15, 0.2) is 0 Å². The van der Waals surface area contributed by atoms with E-state index >= 15 is 0 Å². The fourth-order valence-electron chi connectivity index (χ4n) is 0.582. The monoisotopic (exact) mass is 197 g/mol. The van der Waals surface area contributed by atoms with Crippen LogP contribution >= 0.6 is 0 Å². The Balaban J connectivity index is 3.12. The summed E-state index contributed by atoms with van der Waals surface area (Å²) < 4.78 is 30.5. The molecule has 0 aliphatic rings. The van der Waals surface area contributed by atoms with Gasteiger partial charge in [0.15, 0.2) is 0 Å². The van der Waals surface area contributed by atoms with Crippen molar-refractivity contribution in [3.05, 3.63) is 0 Å². The van der Waals surface area contributed by atoms with Crippen LogP contribution in [0.5, 0.6) is 0 Å². The second-order valence-corrected chi connectivity index (χ2v) is 4.06. The third kappa shape index (κ3) is 9.83. The molecule has 0 heterocycles. The van der Waals surface area contributed by atoms with Gasteiger partial charge in [0.05, 0.1) is 12.4 Å². The van der Waals surface area contributed by atoms with E-state index in [1.807, 2.05) is 0 Å². The molecule has 0 aromatic carbocycles. The number of rotatable bonds is 7. The van der Waals surface area contributed by atoms with Crippen LogP contribution in [0, 0.1) is 0 Å². The van der Waals surface area contributed by atoms with E-state index in [9.17, 15) is 8.42 Å². The Bertz CT molecular complexity index is 190. The number of hydrogen-bond acceptors (Lipinski definition) is 4. The standard InChI is InChI=1S/C6H15NO4S/c1-10-3-2-4-11-5-6-12(7,8)9/h2-6H2,1H3,(H2,7,8,9). The van der Waals surface area contributed by atoms with Gasteiger partial charge in [-0.3, -0.25) is 0 Å². The molecule has 74 valence electrons. The molecule has 12 heavy (non-hydrogen) atoms. The lowest BCUT2D eigenvalue weighted by atomic mass is 10.5. The first kappa shape index (κ1) is 11.8. The van der Waals surface area contributed by atoms with Crippen molar-refractivity contribution in [2.24, 2.45) is 5.14 Å². The van der Waals surface area contributed by atoms with Crippen LogP contribution in [0.25, 0.3) is 0 Å². The molecule has 6 heteroatoms. The lowest BCUT2D eigenvalue weighted by Gasteiger charge is -2.01. The Morgan fingerprint density at radius 1 is 1.25 bits per heavy atom. The number of methoxy groups -OCH3 is 1. The molecule has 0 radical (unpaired) electrons. The van der Waals surface area contributed by atoms with E-state index in [1.165, 1.54) is 0 Å². The maximum Gasteiger partial charge on any atom is 0.211 e. The summed E-state index contributed by atoms with van der Waals surface area (Å²) in [6.07, 6.45) is 0.765. The topological polar surface area (TPSA) is 78.6 Å². The molecule has 0 saturated carbocycles.